The van der Waals surface area contributed by atoms with Crippen LogP contribution >= 0.6 is 0 Å². The molecule has 0 spiro atoms. The lowest BCUT2D eigenvalue weighted by atomic mass is 10.2. The van der Waals surface area contributed by atoms with Gasteiger partial charge in [0.1, 0.15) is 11.9 Å². The summed E-state index contributed by atoms with van der Waals surface area (Å²) in [5, 5.41) is 14.3. The van der Waals surface area contributed by atoms with Crippen LogP contribution in [0, 0.1) is 6.92 Å². The maximum Gasteiger partial charge on any atom is 0.138 e. The van der Waals surface area contributed by atoms with Gasteiger partial charge in [-0.2, -0.15) is 5.10 Å². The normalized spacial score (nSPS) is 12.7. The molecule has 5 nitrogen and oxygen atoms in total. The zero-order chi connectivity index (χ0) is 11.5. The van der Waals surface area contributed by atoms with E-state index in [1.54, 1.807) is 36.1 Å². The molecule has 16 heavy (non-hydrogen) atoms. The van der Waals surface area contributed by atoms with E-state index >= 15 is 0 Å². The SMILES string of the molecule is CCn1nccc1C(O)c1ccnc(C)n1. The van der Waals surface area contributed by atoms with Crippen LogP contribution in [0.25, 0.3) is 0 Å². The van der Waals surface area contributed by atoms with Crippen LogP contribution in [0.3, 0.4) is 0 Å². The first kappa shape index (κ1) is 10.8. The summed E-state index contributed by atoms with van der Waals surface area (Å²) in [7, 11) is 0. The summed E-state index contributed by atoms with van der Waals surface area (Å²) in [6.45, 7) is 4.51. The molecule has 5 heteroatoms. The molecule has 1 atom stereocenters. The Labute approximate surface area is 93.8 Å². The van der Waals surface area contributed by atoms with E-state index in [1.807, 2.05) is 6.92 Å². The van der Waals surface area contributed by atoms with Crippen molar-refractivity contribution in [2.75, 3.05) is 0 Å². The number of aliphatic hydroxyl groups excluding tert-OH is 1. The summed E-state index contributed by atoms with van der Waals surface area (Å²) in [5.41, 5.74) is 1.35. The van der Waals surface area contributed by atoms with Gasteiger partial charge in [-0.05, 0) is 26.0 Å². The molecule has 2 rings (SSSR count). The minimum atomic E-state index is -0.746. The number of aliphatic hydroxyl groups is 1. The van der Waals surface area contributed by atoms with Crippen LogP contribution in [0.5, 0.6) is 0 Å². The van der Waals surface area contributed by atoms with Crippen molar-refractivity contribution in [3.05, 3.63) is 41.7 Å². The Morgan fingerprint density at radius 1 is 1.38 bits per heavy atom. The zero-order valence-electron chi connectivity index (χ0n) is 9.33. The smallest absolute Gasteiger partial charge is 0.138 e. The van der Waals surface area contributed by atoms with E-state index in [9.17, 15) is 5.11 Å². The maximum atomic E-state index is 10.2. The van der Waals surface area contributed by atoms with Gasteiger partial charge in [-0.1, -0.05) is 0 Å². The Balaban J connectivity index is 2.35. The van der Waals surface area contributed by atoms with Crippen LogP contribution in [0.2, 0.25) is 0 Å². The number of nitrogens with zero attached hydrogens (tertiary/aromatic N) is 4. The van der Waals surface area contributed by atoms with Crippen molar-refractivity contribution < 1.29 is 5.11 Å². The molecule has 0 aliphatic carbocycles. The molecule has 1 unspecified atom stereocenters. The molecule has 0 saturated heterocycles. The quantitative estimate of drug-likeness (QED) is 0.837. The Kier molecular flexibility index (Phi) is 2.96. The van der Waals surface area contributed by atoms with E-state index in [4.69, 9.17) is 0 Å². The molecular formula is C11H14N4O. The first-order chi connectivity index (χ1) is 7.72. The molecule has 2 aromatic rings. The van der Waals surface area contributed by atoms with Crippen molar-refractivity contribution in [2.24, 2.45) is 0 Å². The molecule has 2 aromatic heterocycles. The Morgan fingerprint density at radius 3 is 2.88 bits per heavy atom. The second kappa shape index (κ2) is 4.40. The number of aromatic nitrogens is 4. The molecular weight excluding hydrogens is 204 g/mol. The average molecular weight is 218 g/mol. The van der Waals surface area contributed by atoms with Crippen LogP contribution in [-0.4, -0.2) is 24.9 Å². The van der Waals surface area contributed by atoms with E-state index in [0.29, 0.717) is 11.5 Å². The largest absolute Gasteiger partial charge is 0.380 e. The summed E-state index contributed by atoms with van der Waals surface area (Å²) in [5.74, 6) is 0.652. The van der Waals surface area contributed by atoms with Crippen LogP contribution in [-0.2, 0) is 6.54 Å². The topological polar surface area (TPSA) is 63.8 Å². The maximum absolute atomic E-state index is 10.2. The number of aryl methyl sites for hydroxylation is 2. The van der Waals surface area contributed by atoms with Crippen molar-refractivity contribution in [3.8, 4) is 0 Å². The molecule has 2 heterocycles. The fourth-order valence-electron chi connectivity index (χ4n) is 1.62. The molecule has 84 valence electrons. The molecule has 0 aliphatic heterocycles. The Morgan fingerprint density at radius 2 is 2.19 bits per heavy atom. The van der Waals surface area contributed by atoms with Crippen LogP contribution in [0.4, 0.5) is 0 Å². The van der Waals surface area contributed by atoms with Crippen LogP contribution in [0.15, 0.2) is 24.5 Å². The fraction of sp³-hybridized carbons (Fsp3) is 0.364. The molecule has 1 N–H and O–H groups in total. The monoisotopic (exact) mass is 218 g/mol. The molecule has 0 radical (unpaired) electrons. The third kappa shape index (κ3) is 1.94. The van der Waals surface area contributed by atoms with Crippen LogP contribution < -0.4 is 0 Å². The van der Waals surface area contributed by atoms with Gasteiger partial charge in [-0.3, -0.25) is 4.68 Å². The molecule has 0 fully saturated rings. The van der Waals surface area contributed by atoms with Crippen molar-refractivity contribution in [1.29, 1.82) is 0 Å². The summed E-state index contributed by atoms with van der Waals surface area (Å²) >= 11 is 0. The van der Waals surface area contributed by atoms with Crippen LogP contribution in [0.1, 0.15) is 30.2 Å². The highest BCUT2D eigenvalue weighted by Gasteiger charge is 2.16. The summed E-state index contributed by atoms with van der Waals surface area (Å²) < 4.78 is 1.75. The van der Waals surface area contributed by atoms with Crippen molar-refractivity contribution >= 4 is 0 Å². The molecule has 0 amide bonds. The minimum absolute atomic E-state index is 0.600. The highest BCUT2D eigenvalue weighted by molar-refractivity contribution is 5.18. The highest BCUT2D eigenvalue weighted by Crippen LogP contribution is 2.19. The van der Waals surface area contributed by atoms with E-state index in [1.165, 1.54) is 0 Å². The molecule has 0 bridgehead atoms. The average Bonchev–Trinajstić information content (AvgIpc) is 2.76. The first-order valence-corrected chi connectivity index (χ1v) is 5.21. The van der Waals surface area contributed by atoms with Crippen molar-refractivity contribution in [2.45, 2.75) is 26.5 Å². The van der Waals surface area contributed by atoms with E-state index in [0.717, 1.165) is 12.2 Å². The van der Waals surface area contributed by atoms with Gasteiger partial charge in [-0.25, -0.2) is 9.97 Å². The van der Waals surface area contributed by atoms with Gasteiger partial charge in [0.05, 0.1) is 11.4 Å². The Bertz CT molecular complexity index is 480. The lowest BCUT2D eigenvalue weighted by molar-refractivity contribution is 0.203. The third-order valence-corrected chi connectivity index (χ3v) is 2.41. The van der Waals surface area contributed by atoms with Gasteiger partial charge >= 0.3 is 0 Å². The second-order valence-electron chi connectivity index (χ2n) is 3.50. The van der Waals surface area contributed by atoms with Gasteiger partial charge in [-0.15, -0.1) is 0 Å². The summed E-state index contributed by atoms with van der Waals surface area (Å²) in [4.78, 5) is 8.20. The Hall–Kier alpha value is -1.75. The van der Waals surface area contributed by atoms with E-state index < -0.39 is 6.10 Å². The minimum Gasteiger partial charge on any atom is -0.380 e. The number of rotatable bonds is 3. The predicted octanol–water partition coefficient (Wildman–Crippen LogP) is 1.08. The summed E-state index contributed by atoms with van der Waals surface area (Å²) in [6, 6.07) is 3.51. The molecule has 0 saturated carbocycles. The van der Waals surface area contributed by atoms with Gasteiger partial charge in [0.15, 0.2) is 0 Å². The van der Waals surface area contributed by atoms with Gasteiger partial charge in [0, 0.05) is 18.9 Å². The molecule has 0 aliphatic rings. The predicted molar refractivity (Wildman–Crippen MR) is 58.7 cm³/mol. The number of hydrogen-bond donors (Lipinski definition) is 1. The zero-order valence-corrected chi connectivity index (χ0v) is 9.33. The van der Waals surface area contributed by atoms with E-state index in [2.05, 4.69) is 15.1 Å². The van der Waals surface area contributed by atoms with E-state index in [-0.39, 0.29) is 0 Å². The first-order valence-electron chi connectivity index (χ1n) is 5.21. The molecule has 0 aromatic carbocycles. The fourth-order valence-corrected chi connectivity index (χ4v) is 1.62. The second-order valence-corrected chi connectivity index (χ2v) is 3.50. The lowest BCUT2D eigenvalue weighted by Gasteiger charge is -2.11. The van der Waals surface area contributed by atoms with Gasteiger partial charge in [0.25, 0.3) is 0 Å². The van der Waals surface area contributed by atoms with Crippen molar-refractivity contribution in [3.63, 3.8) is 0 Å². The van der Waals surface area contributed by atoms with Gasteiger partial charge in [0.2, 0.25) is 0 Å². The van der Waals surface area contributed by atoms with Crippen molar-refractivity contribution in [1.82, 2.24) is 19.7 Å². The highest BCUT2D eigenvalue weighted by atomic mass is 16.3. The van der Waals surface area contributed by atoms with Gasteiger partial charge < -0.3 is 5.11 Å². The third-order valence-electron chi connectivity index (χ3n) is 2.41. The lowest BCUT2D eigenvalue weighted by Crippen LogP contribution is -2.10. The summed E-state index contributed by atoms with van der Waals surface area (Å²) in [6.07, 6.45) is 2.58. The number of hydrogen-bond acceptors (Lipinski definition) is 4. The standard InChI is InChI=1S/C11H14N4O/c1-3-15-10(5-7-13-15)11(16)9-4-6-12-8(2)14-9/h4-7,11,16H,3H2,1-2H3.